The summed E-state index contributed by atoms with van der Waals surface area (Å²) in [5, 5.41) is 3.20. The van der Waals surface area contributed by atoms with Gasteiger partial charge < -0.3 is 10.2 Å². The maximum atomic E-state index is 13.2. The fourth-order valence-corrected chi connectivity index (χ4v) is 4.90. The first-order chi connectivity index (χ1) is 15.0. The van der Waals surface area contributed by atoms with Crippen molar-refractivity contribution in [1.82, 2.24) is 10.2 Å². The van der Waals surface area contributed by atoms with Crippen LogP contribution >= 0.6 is 11.8 Å². The van der Waals surface area contributed by atoms with Gasteiger partial charge in [0.25, 0.3) is 0 Å². The molecule has 0 saturated heterocycles. The van der Waals surface area contributed by atoms with Crippen molar-refractivity contribution in [1.29, 1.82) is 0 Å². The lowest BCUT2D eigenvalue weighted by Crippen LogP contribution is -2.50. The van der Waals surface area contributed by atoms with Crippen LogP contribution in [0.5, 0.6) is 0 Å². The van der Waals surface area contributed by atoms with Crippen LogP contribution in [0.4, 0.5) is 0 Å². The normalized spacial score (nSPS) is 15.3. The van der Waals surface area contributed by atoms with E-state index in [4.69, 9.17) is 0 Å². The Balaban J connectivity index is 1.66. The molecule has 1 N–H and O–H groups in total. The van der Waals surface area contributed by atoms with Crippen molar-refractivity contribution >= 4 is 23.6 Å². The second kappa shape index (κ2) is 11.9. The van der Waals surface area contributed by atoms with E-state index in [1.807, 2.05) is 43.3 Å². The maximum absolute atomic E-state index is 13.2. The molecule has 0 heterocycles. The number of aryl methyl sites for hydroxylation is 1. The van der Waals surface area contributed by atoms with Gasteiger partial charge in [0.2, 0.25) is 11.8 Å². The number of carbonyl (C=O) groups excluding carboxylic acids is 2. The molecule has 0 spiro atoms. The molecule has 1 atom stereocenters. The summed E-state index contributed by atoms with van der Waals surface area (Å²) >= 11 is 1.68. The van der Waals surface area contributed by atoms with Crippen molar-refractivity contribution in [2.75, 3.05) is 5.75 Å². The first kappa shape index (κ1) is 23.4. The Bertz CT molecular complexity index is 849. The molecule has 5 heteroatoms. The van der Waals surface area contributed by atoms with Crippen LogP contribution in [-0.2, 0) is 16.1 Å². The number of carbonyl (C=O) groups is 2. The monoisotopic (exact) mass is 438 g/mol. The van der Waals surface area contributed by atoms with Gasteiger partial charge in [-0.2, -0.15) is 0 Å². The molecule has 0 unspecified atom stereocenters. The van der Waals surface area contributed by atoms with E-state index >= 15 is 0 Å². The van der Waals surface area contributed by atoms with Crippen molar-refractivity contribution in [3.05, 3.63) is 65.7 Å². The predicted octanol–water partition coefficient (Wildman–Crippen LogP) is 5.34. The number of rotatable bonds is 9. The highest BCUT2D eigenvalue weighted by Crippen LogP contribution is 2.21. The molecule has 0 aromatic heterocycles. The van der Waals surface area contributed by atoms with Gasteiger partial charge in [0.15, 0.2) is 0 Å². The van der Waals surface area contributed by atoms with Gasteiger partial charge in [0.1, 0.15) is 6.04 Å². The molecule has 166 valence electrons. The highest BCUT2D eigenvalue weighted by atomic mass is 32.2. The fraction of sp³-hybridized carbons (Fsp3) is 0.462. The summed E-state index contributed by atoms with van der Waals surface area (Å²) in [4.78, 5) is 29.1. The average molecular weight is 439 g/mol. The van der Waals surface area contributed by atoms with Crippen LogP contribution < -0.4 is 5.32 Å². The lowest BCUT2D eigenvalue weighted by molar-refractivity contribution is -0.140. The lowest BCUT2D eigenvalue weighted by Gasteiger charge is -2.31. The first-order valence-electron chi connectivity index (χ1n) is 11.4. The summed E-state index contributed by atoms with van der Waals surface area (Å²) in [6.07, 6.45) is 6.07. The molecule has 0 radical (unpaired) electrons. The number of hydrogen-bond donors (Lipinski definition) is 1. The minimum Gasteiger partial charge on any atom is -0.352 e. The lowest BCUT2D eigenvalue weighted by atomic mass is 9.95. The zero-order valence-corrected chi connectivity index (χ0v) is 19.5. The molecule has 4 nitrogen and oxygen atoms in total. The molecule has 2 aromatic carbocycles. The molecule has 1 aliphatic carbocycles. The second-order valence-electron chi connectivity index (χ2n) is 8.38. The van der Waals surface area contributed by atoms with E-state index < -0.39 is 6.04 Å². The zero-order chi connectivity index (χ0) is 22.1. The second-order valence-corrected chi connectivity index (χ2v) is 9.55. The van der Waals surface area contributed by atoms with Crippen LogP contribution in [-0.4, -0.2) is 34.6 Å². The smallest absolute Gasteiger partial charge is 0.242 e. The molecule has 1 aliphatic rings. The fourth-order valence-electron chi connectivity index (χ4n) is 4.04. The van der Waals surface area contributed by atoms with E-state index in [9.17, 15) is 9.59 Å². The highest BCUT2D eigenvalue weighted by molar-refractivity contribution is 7.99. The molecule has 0 aliphatic heterocycles. The summed E-state index contributed by atoms with van der Waals surface area (Å²) in [7, 11) is 0. The molecular weight excluding hydrogens is 404 g/mol. The van der Waals surface area contributed by atoms with Crippen LogP contribution in [0, 0.1) is 6.92 Å². The van der Waals surface area contributed by atoms with Crippen LogP contribution in [0.15, 0.2) is 59.5 Å². The maximum Gasteiger partial charge on any atom is 0.242 e. The summed E-state index contributed by atoms with van der Waals surface area (Å²) in [5.74, 6) is 0.687. The SMILES string of the molecule is Cc1ccccc1CN(C(=O)CCSc1ccccc1)[C@@H](C)C(=O)NC1CCCCC1. The summed E-state index contributed by atoms with van der Waals surface area (Å²) in [6, 6.07) is 18.0. The number of hydrogen-bond acceptors (Lipinski definition) is 3. The molecule has 0 bridgehead atoms. The van der Waals surface area contributed by atoms with E-state index in [-0.39, 0.29) is 17.9 Å². The molecular formula is C26H34N2O2S. The highest BCUT2D eigenvalue weighted by Gasteiger charge is 2.28. The molecule has 1 saturated carbocycles. The van der Waals surface area contributed by atoms with E-state index in [1.54, 1.807) is 16.7 Å². The van der Waals surface area contributed by atoms with Crippen molar-refractivity contribution in [3.63, 3.8) is 0 Å². The average Bonchev–Trinajstić information content (AvgIpc) is 2.79. The Morgan fingerprint density at radius 3 is 2.42 bits per heavy atom. The number of thioether (sulfide) groups is 1. The van der Waals surface area contributed by atoms with Crippen LogP contribution in [0.1, 0.15) is 56.6 Å². The Kier molecular flexibility index (Phi) is 9.01. The van der Waals surface area contributed by atoms with Crippen LogP contribution in [0.2, 0.25) is 0 Å². The number of nitrogens with zero attached hydrogens (tertiary/aromatic N) is 1. The van der Waals surface area contributed by atoms with Gasteiger partial charge in [-0.15, -0.1) is 11.8 Å². The summed E-state index contributed by atoms with van der Waals surface area (Å²) < 4.78 is 0. The van der Waals surface area contributed by atoms with Gasteiger partial charge in [-0.3, -0.25) is 9.59 Å². The van der Waals surface area contributed by atoms with Gasteiger partial charge in [0.05, 0.1) is 0 Å². The predicted molar refractivity (Wildman–Crippen MR) is 128 cm³/mol. The van der Waals surface area contributed by atoms with Gasteiger partial charge in [-0.1, -0.05) is 61.7 Å². The van der Waals surface area contributed by atoms with Gasteiger partial charge in [-0.25, -0.2) is 0 Å². The first-order valence-corrected chi connectivity index (χ1v) is 12.4. The van der Waals surface area contributed by atoms with E-state index in [0.29, 0.717) is 18.7 Å². The quantitative estimate of drug-likeness (QED) is 0.537. The summed E-state index contributed by atoms with van der Waals surface area (Å²) in [6.45, 7) is 4.37. The Hall–Kier alpha value is -2.27. The third kappa shape index (κ3) is 7.13. The summed E-state index contributed by atoms with van der Waals surface area (Å²) in [5.41, 5.74) is 2.22. The van der Waals surface area contributed by atoms with E-state index in [0.717, 1.165) is 28.9 Å². The Morgan fingerprint density at radius 2 is 1.71 bits per heavy atom. The van der Waals surface area contributed by atoms with Crippen molar-refractivity contribution < 1.29 is 9.59 Å². The standard InChI is InChI=1S/C26H34N2O2S/c1-20-11-9-10-12-22(20)19-28(21(2)26(30)27-23-13-5-3-6-14-23)25(29)17-18-31-24-15-7-4-8-16-24/h4,7-12,15-16,21,23H,3,5-6,13-14,17-19H2,1-2H3,(H,27,30)/t21-/m0/s1. The molecule has 2 amide bonds. The minimum absolute atomic E-state index is 0.0259. The third-order valence-corrected chi connectivity index (χ3v) is 7.06. The van der Waals surface area contributed by atoms with Crippen molar-refractivity contribution in [3.8, 4) is 0 Å². The van der Waals surface area contributed by atoms with Crippen LogP contribution in [0.25, 0.3) is 0 Å². The van der Waals surface area contributed by atoms with E-state index in [1.165, 1.54) is 19.3 Å². The Morgan fingerprint density at radius 1 is 1.03 bits per heavy atom. The number of benzene rings is 2. The number of nitrogens with one attached hydrogen (secondary N) is 1. The number of amides is 2. The topological polar surface area (TPSA) is 49.4 Å². The Labute approximate surface area is 190 Å². The van der Waals surface area contributed by atoms with E-state index in [2.05, 4.69) is 30.4 Å². The van der Waals surface area contributed by atoms with Gasteiger partial charge in [-0.05, 0) is 49.9 Å². The van der Waals surface area contributed by atoms with Crippen molar-refractivity contribution in [2.24, 2.45) is 0 Å². The molecule has 31 heavy (non-hydrogen) atoms. The molecule has 2 aromatic rings. The largest absolute Gasteiger partial charge is 0.352 e. The third-order valence-electron chi connectivity index (χ3n) is 6.05. The van der Waals surface area contributed by atoms with Gasteiger partial charge in [0, 0.05) is 29.7 Å². The molecule has 1 fully saturated rings. The zero-order valence-electron chi connectivity index (χ0n) is 18.7. The van der Waals surface area contributed by atoms with Crippen LogP contribution in [0.3, 0.4) is 0 Å². The minimum atomic E-state index is -0.490. The molecule has 3 rings (SSSR count). The van der Waals surface area contributed by atoms with Gasteiger partial charge >= 0.3 is 0 Å². The van der Waals surface area contributed by atoms with Crippen molar-refractivity contribution in [2.45, 2.75) is 75.9 Å².